The summed E-state index contributed by atoms with van der Waals surface area (Å²) < 4.78 is 6.45. The molecule has 0 radical (unpaired) electrons. The summed E-state index contributed by atoms with van der Waals surface area (Å²) in [6.07, 6.45) is -0.341. The van der Waals surface area contributed by atoms with E-state index >= 15 is 0 Å². The van der Waals surface area contributed by atoms with Crippen LogP contribution in [-0.4, -0.2) is 11.7 Å². The number of hydrogen-bond acceptors (Lipinski definition) is 4. The van der Waals surface area contributed by atoms with E-state index in [-0.39, 0.29) is 6.17 Å². The molecular formula is C59H39N3O. The van der Waals surface area contributed by atoms with E-state index in [0.29, 0.717) is 5.84 Å². The van der Waals surface area contributed by atoms with Crippen molar-refractivity contribution in [2.24, 2.45) is 9.98 Å². The fourth-order valence-corrected chi connectivity index (χ4v) is 9.01. The maximum absolute atomic E-state index is 6.45. The number of hydrogen-bond donors (Lipinski definition) is 1. The van der Waals surface area contributed by atoms with Crippen LogP contribution < -0.4 is 5.32 Å². The molecule has 1 N–H and O–H groups in total. The average Bonchev–Trinajstić information content (AvgIpc) is 3.75. The lowest BCUT2D eigenvalue weighted by molar-refractivity contribution is 0.669. The Bertz CT molecular complexity index is 3570. The van der Waals surface area contributed by atoms with Crippen molar-refractivity contribution in [3.05, 3.63) is 241 Å². The van der Waals surface area contributed by atoms with Gasteiger partial charge in [0.15, 0.2) is 5.84 Å². The van der Waals surface area contributed by atoms with Gasteiger partial charge in [0.1, 0.15) is 23.2 Å². The topological polar surface area (TPSA) is 49.9 Å². The Balaban J connectivity index is 0.890. The second-order valence-electron chi connectivity index (χ2n) is 16.2. The number of rotatable bonds is 7. The highest BCUT2D eigenvalue weighted by molar-refractivity contribution is 6.15. The van der Waals surface area contributed by atoms with E-state index in [2.05, 4.69) is 224 Å². The van der Waals surface area contributed by atoms with E-state index in [1.165, 1.54) is 33.0 Å². The monoisotopic (exact) mass is 805 g/mol. The lowest BCUT2D eigenvalue weighted by Gasteiger charge is -2.24. The molecule has 0 bridgehead atoms. The van der Waals surface area contributed by atoms with Gasteiger partial charge in [-0.15, -0.1) is 0 Å². The minimum Gasteiger partial charge on any atom is -0.456 e. The predicted molar refractivity (Wildman–Crippen MR) is 262 cm³/mol. The van der Waals surface area contributed by atoms with Gasteiger partial charge in [-0.1, -0.05) is 188 Å². The number of fused-ring (bicyclic) bond motifs is 5. The van der Waals surface area contributed by atoms with Crippen molar-refractivity contribution in [2.75, 3.05) is 0 Å². The first-order valence-corrected chi connectivity index (χ1v) is 21.4. The highest BCUT2D eigenvalue weighted by atomic mass is 16.3. The number of aliphatic imine (C=N–C) groups is 2. The first-order valence-electron chi connectivity index (χ1n) is 21.4. The van der Waals surface area contributed by atoms with Crippen LogP contribution in [0.25, 0.3) is 88.0 Å². The normalized spacial score (nSPS) is 13.9. The van der Waals surface area contributed by atoms with Gasteiger partial charge in [0.05, 0.1) is 0 Å². The molecule has 1 aromatic heterocycles. The highest BCUT2D eigenvalue weighted by Gasteiger charge is 2.22. The van der Waals surface area contributed by atoms with Crippen molar-refractivity contribution in [1.82, 2.24) is 5.32 Å². The lowest BCUT2D eigenvalue weighted by atomic mass is 9.95. The predicted octanol–water partition coefficient (Wildman–Crippen LogP) is 15.1. The third kappa shape index (κ3) is 6.84. The summed E-state index contributed by atoms with van der Waals surface area (Å²) >= 11 is 0. The second-order valence-corrected chi connectivity index (χ2v) is 16.2. The van der Waals surface area contributed by atoms with Crippen molar-refractivity contribution < 1.29 is 4.42 Å². The molecule has 0 saturated heterocycles. The maximum atomic E-state index is 6.45. The average molecular weight is 806 g/mol. The summed E-state index contributed by atoms with van der Waals surface area (Å²) in [7, 11) is 0. The third-order valence-electron chi connectivity index (χ3n) is 12.3. The molecule has 0 amide bonds. The van der Waals surface area contributed by atoms with Crippen LogP contribution in [-0.2, 0) is 0 Å². The molecule has 296 valence electrons. The molecule has 12 rings (SSSR count). The molecule has 2 heterocycles. The van der Waals surface area contributed by atoms with Gasteiger partial charge in [0.2, 0.25) is 0 Å². The zero-order chi connectivity index (χ0) is 41.7. The first-order chi connectivity index (χ1) is 31.2. The molecule has 0 aliphatic carbocycles. The number of nitrogens with zero attached hydrogens (tertiary/aromatic N) is 2. The van der Waals surface area contributed by atoms with Gasteiger partial charge in [0.25, 0.3) is 0 Å². The van der Waals surface area contributed by atoms with Gasteiger partial charge in [0, 0.05) is 21.9 Å². The van der Waals surface area contributed by atoms with Gasteiger partial charge >= 0.3 is 0 Å². The van der Waals surface area contributed by atoms with E-state index in [0.717, 1.165) is 77.5 Å². The zero-order valence-corrected chi connectivity index (χ0v) is 34.2. The minimum atomic E-state index is -0.341. The first kappa shape index (κ1) is 36.5. The Kier molecular flexibility index (Phi) is 8.86. The molecule has 0 fully saturated rings. The highest BCUT2D eigenvalue weighted by Crippen LogP contribution is 2.40. The minimum absolute atomic E-state index is 0.341. The Morgan fingerprint density at radius 1 is 0.365 bits per heavy atom. The van der Waals surface area contributed by atoms with Gasteiger partial charge in [-0.3, -0.25) is 0 Å². The summed E-state index contributed by atoms with van der Waals surface area (Å²) in [6.45, 7) is 0. The zero-order valence-electron chi connectivity index (χ0n) is 34.2. The molecule has 63 heavy (non-hydrogen) atoms. The van der Waals surface area contributed by atoms with E-state index in [1.54, 1.807) is 0 Å². The summed E-state index contributed by atoms with van der Waals surface area (Å²) in [6, 6.07) is 79.6. The van der Waals surface area contributed by atoms with Crippen LogP contribution in [0, 0.1) is 0 Å². The Morgan fingerprint density at radius 3 is 1.65 bits per heavy atom. The molecule has 0 spiro atoms. The standard InChI is InChI=1S/C59H39N3O/c1-3-10-38(11-4-1)41-18-20-43(21-19-41)48-32-33-54-53(37-48)56-52(16-9-17-55(56)63-54)49-29-27-47-36-51(31-28-46(47)34-49)59-61-57(44-25-22-42(23-26-44)39-12-5-2-6-13-39)60-58(62-59)50-30-24-40-14-7-8-15-45(40)35-50/h1-37,59H,(H,60,61,62). The SMILES string of the molecule is c1ccc(-c2ccc(C3=NC(c4ccc5cc(-c6cccc7oc8ccc(-c9ccc(-c%10ccccc%10)cc9)cc8c67)ccc5c4)NC(c4ccc5ccccc5c4)=N3)cc2)cc1. The largest absolute Gasteiger partial charge is 0.456 e. The van der Waals surface area contributed by atoms with Crippen LogP contribution in [0.15, 0.2) is 239 Å². The van der Waals surface area contributed by atoms with Crippen molar-refractivity contribution in [1.29, 1.82) is 0 Å². The summed E-state index contributed by atoms with van der Waals surface area (Å²) in [5.74, 6) is 1.50. The molecule has 4 nitrogen and oxygen atoms in total. The summed E-state index contributed by atoms with van der Waals surface area (Å²) in [5.41, 5.74) is 14.2. The number of nitrogens with one attached hydrogen (secondary N) is 1. The maximum Gasteiger partial charge on any atom is 0.159 e. The number of amidine groups is 2. The fraction of sp³-hybridized carbons (Fsp3) is 0.0169. The second kappa shape index (κ2) is 15.3. The van der Waals surface area contributed by atoms with Crippen molar-refractivity contribution >= 4 is 55.2 Å². The molecule has 1 atom stereocenters. The van der Waals surface area contributed by atoms with Crippen molar-refractivity contribution in [2.45, 2.75) is 6.17 Å². The molecule has 11 aromatic rings. The van der Waals surface area contributed by atoms with Crippen molar-refractivity contribution in [3.63, 3.8) is 0 Å². The molecule has 0 saturated carbocycles. The fourth-order valence-electron chi connectivity index (χ4n) is 9.01. The van der Waals surface area contributed by atoms with Gasteiger partial charge in [-0.2, -0.15) is 0 Å². The van der Waals surface area contributed by atoms with Crippen LogP contribution in [0.2, 0.25) is 0 Å². The van der Waals surface area contributed by atoms with E-state index < -0.39 is 0 Å². The number of benzene rings is 10. The van der Waals surface area contributed by atoms with Crippen LogP contribution in [0.1, 0.15) is 22.9 Å². The Hall–Kier alpha value is -8.34. The van der Waals surface area contributed by atoms with Crippen LogP contribution in [0.5, 0.6) is 0 Å². The molecule has 4 heteroatoms. The van der Waals surface area contributed by atoms with Gasteiger partial charge < -0.3 is 9.73 Å². The van der Waals surface area contributed by atoms with Gasteiger partial charge in [-0.25, -0.2) is 9.98 Å². The van der Waals surface area contributed by atoms with E-state index in [9.17, 15) is 0 Å². The van der Waals surface area contributed by atoms with E-state index in [4.69, 9.17) is 14.4 Å². The molecular weight excluding hydrogens is 767 g/mol. The van der Waals surface area contributed by atoms with Crippen LogP contribution in [0.3, 0.4) is 0 Å². The molecule has 10 aromatic carbocycles. The molecule has 1 aliphatic heterocycles. The third-order valence-corrected chi connectivity index (χ3v) is 12.3. The summed E-state index contributed by atoms with van der Waals surface area (Å²) in [5, 5.41) is 10.6. The Morgan fingerprint density at radius 2 is 0.905 bits per heavy atom. The molecule has 1 aliphatic rings. The van der Waals surface area contributed by atoms with E-state index in [1.807, 2.05) is 6.07 Å². The van der Waals surface area contributed by atoms with Crippen LogP contribution in [0.4, 0.5) is 0 Å². The van der Waals surface area contributed by atoms with Crippen LogP contribution >= 0.6 is 0 Å². The quantitative estimate of drug-likeness (QED) is 0.174. The van der Waals surface area contributed by atoms with Crippen molar-refractivity contribution in [3.8, 4) is 44.5 Å². The smallest absolute Gasteiger partial charge is 0.159 e. The summed E-state index contributed by atoms with van der Waals surface area (Å²) in [4.78, 5) is 10.4. The van der Waals surface area contributed by atoms with Gasteiger partial charge in [-0.05, 0) is 108 Å². The lowest BCUT2D eigenvalue weighted by Crippen LogP contribution is -2.33. The number of furan rings is 1. The molecule has 1 unspecified atom stereocenters. The Labute approximate surface area is 365 Å².